The molecule has 0 spiro atoms. The van der Waals surface area contributed by atoms with Crippen LogP contribution in [0.5, 0.6) is 0 Å². The number of aryl methyl sites for hydroxylation is 1. The van der Waals surface area contributed by atoms with Crippen molar-refractivity contribution in [2.45, 2.75) is 58.8 Å². The summed E-state index contributed by atoms with van der Waals surface area (Å²) >= 11 is 0. The summed E-state index contributed by atoms with van der Waals surface area (Å²) in [6.07, 6.45) is 6.75. The Morgan fingerprint density at radius 3 is 2.61 bits per heavy atom. The number of nitrogens with one attached hydrogen (secondary N) is 1. The molecular formula is C17H29N. The van der Waals surface area contributed by atoms with Gasteiger partial charge in [-0.2, -0.15) is 0 Å². The summed E-state index contributed by atoms with van der Waals surface area (Å²) < 4.78 is 0. The third-order valence-corrected chi connectivity index (χ3v) is 3.56. The van der Waals surface area contributed by atoms with Gasteiger partial charge in [-0.3, -0.25) is 0 Å². The van der Waals surface area contributed by atoms with Gasteiger partial charge in [-0.15, -0.1) is 0 Å². The molecule has 0 bridgehead atoms. The van der Waals surface area contributed by atoms with Crippen LogP contribution in [0.4, 0.5) is 0 Å². The molecule has 1 N–H and O–H groups in total. The van der Waals surface area contributed by atoms with Crippen molar-refractivity contribution in [1.29, 1.82) is 0 Å². The molecule has 0 aliphatic rings. The van der Waals surface area contributed by atoms with E-state index in [2.05, 4.69) is 50.4 Å². The number of hydrogen-bond donors (Lipinski definition) is 1. The van der Waals surface area contributed by atoms with Crippen molar-refractivity contribution in [3.05, 3.63) is 35.4 Å². The highest BCUT2D eigenvalue weighted by Gasteiger charge is 2.10. The maximum absolute atomic E-state index is 3.51. The Labute approximate surface area is 113 Å². The Balaban J connectivity index is 2.54. The van der Waals surface area contributed by atoms with Crippen LogP contribution in [0.2, 0.25) is 0 Å². The van der Waals surface area contributed by atoms with Crippen molar-refractivity contribution in [1.82, 2.24) is 5.32 Å². The highest BCUT2D eigenvalue weighted by molar-refractivity contribution is 5.25. The van der Waals surface area contributed by atoms with Crippen molar-refractivity contribution in [3.8, 4) is 0 Å². The van der Waals surface area contributed by atoms with Crippen molar-refractivity contribution in [3.63, 3.8) is 0 Å². The second-order valence-corrected chi connectivity index (χ2v) is 5.27. The summed E-state index contributed by atoms with van der Waals surface area (Å²) in [4.78, 5) is 0. The number of unbranched alkanes of at least 4 members (excludes halogenated alkanes) is 3. The van der Waals surface area contributed by atoms with Crippen LogP contribution in [0.3, 0.4) is 0 Å². The fourth-order valence-corrected chi connectivity index (χ4v) is 2.45. The van der Waals surface area contributed by atoms with Gasteiger partial charge in [0.1, 0.15) is 0 Å². The first-order valence-corrected chi connectivity index (χ1v) is 7.55. The summed E-state index contributed by atoms with van der Waals surface area (Å²) in [5, 5.41) is 3.51. The second-order valence-electron chi connectivity index (χ2n) is 5.27. The molecule has 1 unspecified atom stereocenters. The lowest BCUT2D eigenvalue weighted by Gasteiger charge is -2.18. The van der Waals surface area contributed by atoms with Gasteiger partial charge >= 0.3 is 0 Å². The van der Waals surface area contributed by atoms with E-state index in [1.807, 2.05) is 0 Å². The van der Waals surface area contributed by atoms with Crippen LogP contribution in [0.25, 0.3) is 0 Å². The van der Waals surface area contributed by atoms with Crippen molar-refractivity contribution in [2.75, 3.05) is 13.1 Å². The maximum atomic E-state index is 3.51. The van der Waals surface area contributed by atoms with E-state index in [4.69, 9.17) is 0 Å². The predicted octanol–water partition coefficient (Wildman–Crippen LogP) is 4.66. The van der Waals surface area contributed by atoms with Crippen LogP contribution in [-0.2, 0) is 0 Å². The fraction of sp³-hybridized carbons (Fsp3) is 0.647. The summed E-state index contributed by atoms with van der Waals surface area (Å²) in [6, 6.07) is 9.01. The molecule has 18 heavy (non-hydrogen) atoms. The topological polar surface area (TPSA) is 12.0 Å². The van der Waals surface area contributed by atoms with Crippen LogP contribution < -0.4 is 5.32 Å². The summed E-state index contributed by atoms with van der Waals surface area (Å²) in [5.41, 5.74) is 2.88. The highest BCUT2D eigenvalue weighted by atomic mass is 14.8. The first-order valence-electron chi connectivity index (χ1n) is 7.55. The lowest BCUT2D eigenvalue weighted by Crippen LogP contribution is -2.21. The summed E-state index contributed by atoms with van der Waals surface area (Å²) in [7, 11) is 0. The molecule has 0 aliphatic carbocycles. The highest BCUT2D eigenvalue weighted by Crippen LogP contribution is 2.23. The number of likely N-dealkylation sites (N-methyl/N-ethyl adjacent to an activating group) is 1. The average Bonchev–Trinajstić information content (AvgIpc) is 2.38. The van der Waals surface area contributed by atoms with Gasteiger partial charge in [0.25, 0.3) is 0 Å². The minimum atomic E-state index is 0.682. The molecule has 0 fully saturated rings. The molecule has 0 amide bonds. The zero-order valence-corrected chi connectivity index (χ0v) is 12.3. The lowest BCUT2D eigenvalue weighted by molar-refractivity contribution is 0.520. The Bertz CT molecular complexity index is 319. The molecule has 1 rings (SSSR count). The van der Waals surface area contributed by atoms with Gasteiger partial charge in [-0.1, -0.05) is 69.4 Å². The van der Waals surface area contributed by atoms with Crippen molar-refractivity contribution < 1.29 is 0 Å². The van der Waals surface area contributed by atoms with E-state index in [1.54, 1.807) is 0 Å². The second kappa shape index (κ2) is 9.16. The molecule has 0 saturated heterocycles. The summed E-state index contributed by atoms with van der Waals surface area (Å²) in [6.45, 7) is 8.83. The molecule has 102 valence electrons. The largest absolute Gasteiger partial charge is 0.316 e. The molecular weight excluding hydrogens is 218 g/mol. The van der Waals surface area contributed by atoms with E-state index in [9.17, 15) is 0 Å². The Kier molecular flexibility index (Phi) is 7.75. The smallest absolute Gasteiger partial charge is 0.00200 e. The molecule has 0 radical (unpaired) electrons. The first-order chi connectivity index (χ1) is 8.77. The van der Waals surface area contributed by atoms with Crippen LogP contribution in [-0.4, -0.2) is 13.1 Å². The third kappa shape index (κ3) is 5.68. The Morgan fingerprint density at radius 1 is 1.11 bits per heavy atom. The fourth-order valence-electron chi connectivity index (χ4n) is 2.45. The summed E-state index contributed by atoms with van der Waals surface area (Å²) in [5.74, 6) is 0.682. The molecule has 1 nitrogen and oxygen atoms in total. The van der Waals surface area contributed by atoms with Crippen LogP contribution in [0, 0.1) is 6.92 Å². The number of rotatable bonds is 9. The molecule has 1 aromatic rings. The average molecular weight is 247 g/mol. The minimum Gasteiger partial charge on any atom is -0.316 e. The van der Waals surface area contributed by atoms with E-state index in [-0.39, 0.29) is 0 Å². The molecule has 0 aromatic heterocycles. The van der Waals surface area contributed by atoms with E-state index < -0.39 is 0 Å². The predicted molar refractivity (Wildman–Crippen MR) is 81.2 cm³/mol. The van der Waals surface area contributed by atoms with Gasteiger partial charge in [-0.05, 0) is 31.4 Å². The number of hydrogen-bond acceptors (Lipinski definition) is 1. The normalized spacial score (nSPS) is 12.6. The van der Waals surface area contributed by atoms with E-state index in [0.29, 0.717) is 5.92 Å². The standard InChI is InChI=1S/C17H29N/c1-4-6-7-8-11-17(14-18-5-2)16-12-9-10-15(3)13-16/h9-10,12-13,17-18H,4-8,11,14H2,1-3H3. The Hall–Kier alpha value is -0.820. The monoisotopic (exact) mass is 247 g/mol. The zero-order valence-electron chi connectivity index (χ0n) is 12.3. The van der Waals surface area contributed by atoms with Gasteiger partial charge in [-0.25, -0.2) is 0 Å². The molecule has 0 saturated carbocycles. The molecule has 0 aliphatic heterocycles. The van der Waals surface area contributed by atoms with E-state index in [1.165, 1.54) is 43.2 Å². The molecule has 1 aromatic carbocycles. The first kappa shape index (κ1) is 15.2. The van der Waals surface area contributed by atoms with Crippen molar-refractivity contribution in [2.24, 2.45) is 0 Å². The van der Waals surface area contributed by atoms with Crippen LogP contribution >= 0.6 is 0 Å². The quantitative estimate of drug-likeness (QED) is 0.626. The maximum Gasteiger partial charge on any atom is 0.00200 e. The van der Waals surface area contributed by atoms with E-state index >= 15 is 0 Å². The van der Waals surface area contributed by atoms with Gasteiger partial charge in [0.05, 0.1) is 0 Å². The minimum absolute atomic E-state index is 0.682. The Morgan fingerprint density at radius 2 is 1.94 bits per heavy atom. The molecule has 1 atom stereocenters. The van der Waals surface area contributed by atoms with Crippen LogP contribution in [0.1, 0.15) is 63.0 Å². The zero-order chi connectivity index (χ0) is 13.2. The molecule has 0 heterocycles. The molecule has 1 heteroatoms. The lowest BCUT2D eigenvalue weighted by atomic mass is 9.92. The SMILES string of the molecule is CCCCCCC(CNCC)c1cccc(C)c1. The van der Waals surface area contributed by atoms with Gasteiger partial charge < -0.3 is 5.32 Å². The van der Waals surface area contributed by atoms with E-state index in [0.717, 1.165) is 13.1 Å². The van der Waals surface area contributed by atoms with Gasteiger partial charge in [0.15, 0.2) is 0 Å². The van der Waals surface area contributed by atoms with Crippen LogP contribution in [0.15, 0.2) is 24.3 Å². The third-order valence-electron chi connectivity index (χ3n) is 3.56. The van der Waals surface area contributed by atoms with Crippen molar-refractivity contribution >= 4 is 0 Å². The van der Waals surface area contributed by atoms with Gasteiger partial charge in [0.2, 0.25) is 0 Å². The number of benzene rings is 1. The van der Waals surface area contributed by atoms with Gasteiger partial charge in [0, 0.05) is 6.54 Å².